The number of ether oxygens (including phenoxy) is 1. The van der Waals surface area contributed by atoms with Crippen LogP contribution in [-0.2, 0) is 0 Å². The van der Waals surface area contributed by atoms with Crippen LogP contribution >= 0.6 is 0 Å². The van der Waals surface area contributed by atoms with E-state index in [-0.39, 0.29) is 6.61 Å². The number of hydrogen-bond acceptors (Lipinski definition) is 5. The number of aliphatic hydroxyl groups excluding tert-OH is 1. The lowest BCUT2D eigenvalue weighted by Gasteiger charge is -2.11. The Kier molecular flexibility index (Phi) is 4.56. The lowest BCUT2D eigenvalue weighted by atomic mass is 10.2. The first-order chi connectivity index (χ1) is 7.31. The van der Waals surface area contributed by atoms with E-state index >= 15 is 0 Å². The molecule has 5 heteroatoms. The minimum atomic E-state index is 0.0409. The highest BCUT2D eigenvalue weighted by Gasteiger charge is 2.04. The van der Waals surface area contributed by atoms with Gasteiger partial charge in [-0.25, -0.2) is 0 Å². The molecule has 82 valence electrons. The molecule has 2 N–H and O–H groups in total. The molecule has 0 atom stereocenters. The van der Waals surface area contributed by atoms with E-state index < -0.39 is 0 Å². The second kappa shape index (κ2) is 5.98. The zero-order valence-corrected chi connectivity index (χ0v) is 8.56. The Morgan fingerprint density at radius 3 is 2.93 bits per heavy atom. The standard InChI is InChI=1S/C10H14N2O3/c1-2-15-10-7-8(12-14)3-4-9(10)11-5-6-13/h3-4,7,11,13H,2,5-6H2,1H3. The van der Waals surface area contributed by atoms with E-state index in [1.54, 1.807) is 18.2 Å². The number of anilines is 1. The van der Waals surface area contributed by atoms with Crippen molar-refractivity contribution in [3.8, 4) is 5.75 Å². The van der Waals surface area contributed by atoms with Crippen molar-refractivity contribution in [1.82, 2.24) is 0 Å². The summed E-state index contributed by atoms with van der Waals surface area (Å²) in [5.74, 6) is 0.572. The Morgan fingerprint density at radius 2 is 2.33 bits per heavy atom. The van der Waals surface area contributed by atoms with Gasteiger partial charge in [-0.1, -0.05) is 0 Å². The predicted octanol–water partition coefficient (Wildman–Crippen LogP) is 1.89. The number of aliphatic hydroxyl groups is 1. The van der Waals surface area contributed by atoms with Crippen LogP contribution in [0.2, 0.25) is 0 Å². The summed E-state index contributed by atoms with van der Waals surface area (Å²) in [7, 11) is 0. The number of nitrogens with one attached hydrogen (secondary N) is 1. The van der Waals surface area contributed by atoms with E-state index in [1.165, 1.54) is 0 Å². The molecule has 1 rings (SSSR count). The quantitative estimate of drug-likeness (QED) is 0.703. The van der Waals surface area contributed by atoms with Gasteiger partial charge < -0.3 is 15.2 Å². The Morgan fingerprint density at radius 1 is 1.53 bits per heavy atom. The summed E-state index contributed by atoms with van der Waals surface area (Å²) in [6.07, 6.45) is 0. The Labute approximate surface area is 88.0 Å². The molecule has 0 aliphatic heterocycles. The van der Waals surface area contributed by atoms with E-state index in [0.717, 1.165) is 5.69 Å². The van der Waals surface area contributed by atoms with Gasteiger partial charge in [0.1, 0.15) is 11.4 Å². The number of rotatable bonds is 6. The van der Waals surface area contributed by atoms with Crippen LogP contribution in [0, 0.1) is 4.91 Å². The summed E-state index contributed by atoms with van der Waals surface area (Å²) in [6.45, 7) is 2.85. The van der Waals surface area contributed by atoms with Gasteiger partial charge in [0.25, 0.3) is 0 Å². The number of nitroso groups, excluding NO2 is 1. The fraction of sp³-hybridized carbons (Fsp3) is 0.400. The highest BCUT2D eigenvalue weighted by Crippen LogP contribution is 2.29. The SMILES string of the molecule is CCOc1cc(N=O)ccc1NCCO. The maximum Gasteiger partial charge on any atom is 0.144 e. The number of nitrogens with zero attached hydrogens (tertiary/aromatic N) is 1. The molecule has 0 spiro atoms. The third kappa shape index (κ3) is 3.21. The summed E-state index contributed by atoms with van der Waals surface area (Å²) < 4.78 is 5.33. The van der Waals surface area contributed by atoms with Crippen molar-refractivity contribution >= 4 is 11.4 Å². The van der Waals surface area contributed by atoms with E-state index in [9.17, 15) is 4.91 Å². The van der Waals surface area contributed by atoms with E-state index in [1.807, 2.05) is 6.92 Å². The molecule has 0 heterocycles. The fourth-order valence-corrected chi connectivity index (χ4v) is 1.18. The normalized spacial score (nSPS) is 9.73. The van der Waals surface area contributed by atoms with Crippen LogP contribution in [0.25, 0.3) is 0 Å². The molecule has 0 fully saturated rings. The van der Waals surface area contributed by atoms with Crippen LogP contribution < -0.4 is 10.1 Å². The van der Waals surface area contributed by atoms with Crippen molar-refractivity contribution in [1.29, 1.82) is 0 Å². The summed E-state index contributed by atoms with van der Waals surface area (Å²) in [4.78, 5) is 10.3. The molecular formula is C10H14N2O3. The predicted molar refractivity (Wildman–Crippen MR) is 58.6 cm³/mol. The number of benzene rings is 1. The average molecular weight is 210 g/mol. The molecular weight excluding hydrogens is 196 g/mol. The Hall–Kier alpha value is -1.62. The van der Waals surface area contributed by atoms with Gasteiger partial charge in [0.2, 0.25) is 0 Å². The van der Waals surface area contributed by atoms with Crippen LogP contribution in [0.3, 0.4) is 0 Å². The molecule has 0 aromatic heterocycles. The molecule has 0 amide bonds. The first kappa shape index (κ1) is 11.5. The van der Waals surface area contributed by atoms with Crippen LogP contribution in [0.4, 0.5) is 11.4 Å². The van der Waals surface area contributed by atoms with E-state index in [0.29, 0.717) is 24.6 Å². The lowest BCUT2D eigenvalue weighted by Crippen LogP contribution is -2.07. The maximum absolute atomic E-state index is 10.3. The summed E-state index contributed by atoms with van der Waals surface area (Å²) in [5, 5.41) is 14.5. The summed E-state index contributed by atoms with van der Waals surface area (Å²) in [5.41, 5.74) is 1.08. The van der Waals surface area contributed by atoms with Crippen LogP contribution in [-0.4, -0.2) is 24.9 Å². The Balaban J connectivity index is 2.87. The van der Waals surface area contributed by atoms with Gasteiger partial charge in [-0.05, 0) is 24.2 Å². The molecule has 0 saturated carbocycles. The first-order valence-corrected chi connectivity index (χ1v) is 4.76. The van der Waals surface area contributed by atoms with Gasteiger partial charge in [-0.2, -0.15) is 0 Å². The van der Waals surface area contributed by atoms with Gasteiger partial charge in [-0.15, -0.1) is 4.91 Å². The van der Waals surface area contributed by atoms with Crippen molar-refractivity contribution < 1.29 is 9.84 Å². The van der Waals surface area contributed by atoms with Crippen LogP contribution in [0.15, 0.2) is 23.4 Å². The van der Waals surface area contributed by atoms with Crippen molar-refractivity contribution in [2.45, 2.75) is 6.92 Å². The Bertz CT molecular complexity index is 328. The minimum absolute atomic E-state index is 0.0409. The first-order valence-electron chi connectivity index (χ1n) is 4.76. The van der Waals surface area contributed by atoms with Gasteiger partial charge in [0, 0.05) is 12.6 Å². The molecule has 1 aromatic rings. The van der Waals surface area contributed by atoms with Crippen LogP contribution in [0.5, 0.6) is 5.75 Å². The molecule has 0 unspecified atom stereocenters. The smallest absolute Gasteiger partial charge is 0.144 e. The van der Waals surface area contributed by atoms with Crippen LogP contribution in [0.1, 0.15) is 6.92 Å². The average Bonchev–Trinajstić information content (AvgIpc) is 2.27. The third-order valence-corrected chi connectivity index (χ3v) is 1.80. The van der Waals surface area contributed by atoms with E-state index in [2.05, 4.69) is 10.5 Å². The summed E-state index contributed by atoms with van der Waals surface area (Å²) in [6, 6.07) is 4.86. The molecule has 0 saturated heterocycles. The molecule has 0 bridgehead atoms. The fourth-order valence-electron chi connectivity index (χ4n) is 1.18. The lowest BCUT2D eigenvalue weighted by molar-refractivity contribution is 0.310. The second-order valence-electron chi connectivity index (χ2n) is 2.86. The minimum Gasteiger partial charge on any atom is -0.492 e. The third-order valence-electron chi connectivity index (χ3n) is 1.80. The highest BCUT2D eigenvalue weighted by molar-refractivity contribution is 5.62. The maximum atomic E-state index is 10.3. The van der Waals surface area contributed by atoms with Gasteiger partial charge in [0.15, 0.2) is 0 Å². The molecule has 0 radical (unpaired) electrons. The molecule has 0 aliphatic rings. The highest BCUT2D eigenvalue weighted by atomic mass is 16.5. The molecule has 15 heavy (non-hydrogen) atoms. The topological polar surface area (TPSA) is 70.9 Å². The molecule has 0 aliphatic carbocycles. The number of hydrogen-bond donors (Lipinski definition) is 2. The van der Waals surface area contributed by atoms with Crippen molar-refractivity contribution in [2.24, 2.45) is 5.18 Å². The zero-order chi connectivity index (χ0) is 11.1. The van der Waals surface area contributed by atoms with Gasteiger partial charge >= 0.3 is 0 Å². The van der Waals surface area contributed by atoms with Gasteiger partial charge in [0.05, 0.1) is 18.9 Å². The zero-order valence-electron chi connectivity index (χ0n) is 8.56. The van der Waals surface area contributed by atoms with Gasteiger partial charge in [-0.3, -0.25) is 0 Å². The van der Waals surface area contributed by atoms with Crippen molar-refractivity contribution in [2.75, 3.05) is 25.1 Å². The second-order valence-corrected chi connectivity index (χ2v) is 2.86. The monoisotopic (exact) mass is 210 g/mol. The molecule has 1 aromatic carbocycles. The van der Waals surface area contributed by atoms with E-state index in [4.69, 9.17) is 9.84 Å². The molecule has 5 nitrogen and oxygen atoms in total. The largest absolute Gasteiger partial charge is 0.492 e. The van der Waals surface area contributed by atoms with Crippen molar-refractivity contribution in [3.05, 3.63) is 23.1 Å². The summed E-state index contributed by atoms with van der Waals surface area (Å²) >= 11 is 0. The van der Waals surface area contributed by atoms with Crippen molar-refractivity contribution in [3.63, 3.8) is 0 Å².